The first-order valence-corrected chi connectivity index (χ1v) is 15.2. The molecule has 6 heteroatoms. The van der Waals surface area contributed by atoms with Crippen LogP contribution in [0.3, 0.4) is 0 Å². The van der Waals surface area contributed by atoms with Crippen LogP contribution in [0.2, 0.25) is 0 Å². The molecule has 1 N–H and O–H groups in total. The number of carbonyl (C=O) groups excluding carboxylic acids is 1. The lowest BCUT2D eigenvalue weighted by atomic mass is 9.68. The van der Waals surface area contributed by atoms with Crippen molar-refractivity contribution < 1.29 is 14.7 Å². The summed E-state index contributed by atoms with van der Waals surface area (Å²) in [4.78, 5) is 34.3. The maximum Gasteiger partial charge on any atom is 0.308 e. The van der Waals surface area contributed by atoms with Crippen LogP contribution in [-0.2, 0) is 16.0 Å². The van der Waals surface area contributed by atoms with Crippen LogP contribution < -0.4 is 0 Å². The van der Waals surface area contributed by atoms with Gasteiger partial charge in [-0.25, -0.2) is 9.97 Å². The largest absolute Gasteiger partial charge is 0.481 e. The Labute approximate surface area is 234 Å². The maximum atomic E-state index is 12.4. The SMILES string of the molecule is CCCC1CCC(C2CCC(c3cnc(-c4ccc(CCC(=O)N(C)CC(C)C(=O)O)cc4)nc3)CC2)CC1. The zero-order chi connectivity index (χ0) is 27.8. The van der Waals surface area contributed by atoms with E-state index in [4.69, 9.17) is 15.1 Å². The number of hydrogen-bond donors (Lipinski definition) is 1. The predicted molar refractivity (Wildman–Crippen MR) is 155 cm³/mol. The van der Waals surface area contributed by atoms with E-state index in [-0.39, 0.29) is 12.5 Å². The van der Waals surface area contributed by atoms with Gasteiger partial charge in [0.15, 0.2) is 5.82 Å². The molecule has 0 radical (unpaired) electrons. The molecule has 39 heavy (non-hydrogen) atoms. The molecular formula is C33H47N3O3. The van der Waals surface area contributed by atoms with Gasteiger partial charge in [-0.3, -0.25) is 9.59 Å². The Morgan fingerprint density at radius 1 is 0.949 bits per heavy atom. The van der Waals surface area contributed by atoms with E-state index in [1.165, 1.54) is 74.7 Å². The van der Waals surface area contributed by atoms with Crippen LogP contribution in [0, 0.1) is 23.7 Å². The summed E-state index contributed by atoms with van der Waals surface area (Å²) in [5.74, 6) is 2.70. The Morgan fingerprint density at radius 3 is 2.10 bits per heavy atom. The highest BCUT2D eigenvalue weighted by Crippen LogP contribution is 2.44. The van der Waals surface area contributed by atoms with Gasteiger partial charge in [0.25, 0.3) is 0 Å². The molecule has 2 fully saturated rings. The molecule has 2 aliphatic carbocycles. The minimum atomic E-state index is -0.886. The molecule has 2 saturated carbocycles. The van der Waals surface area contributed by atoms with Gasteiger partial charge in [0, 0.05) is 38.0 Å². The Morgan fingerprint density at radius 2 is 1.54 bits per heavy atom. The van der Waals surface area contributed by atoms with E-state index >= 15 is 0 Å². The summed E-state index contributed by atoms with van der Waals surface area (Å²) < 4.78 is 0. The highest BCUT2D eigenvalue weighted by molar-refractivity contribution is 5.77. The molecular weight excluding hydrogens is 486 g/mol. The summed E-state index contributed by atoms with van der Waals surface area (Å²) in [6, 6.07) is 8.09. The highest BCUT2D eigenvalue weighted by atomic mass is 16.4. The summed E-state index contributed by atoms with van der Waals surface area (Å²) in [6.45, 7) is 4.16. The average Bonchev–Trinajstić information content (AvgIpc) is 2.97. The predicted octanol–water partition coefficient (Wildman–Crippen LogP) is 7.14. The lowest BCUT2D eigenvalue weighted by molar-refractivity contribution is -0.142. The quantitative estimate of drug-likeness (QED) is 0.332. The minimum Gasteiger partial charge on any atom is -0.481 e. The van der Waals surface area contributed by atoms with Gasteiger partial charge in [-0.2, -0.15) is 0 Å². The van der Waals surface area contributed by atoms with Crippen LogP contribution in [0.1, 0.15) is 102 Å². The Bertz CT molecular complexity index is 1050. The van der Waals surface area contributed by atoms with Crippen LogP contribution in [0.25, 0.3) is 11.4 Å². The monoisotopic (exact) mass is 533 g/mol. The second-order valence-electron chi connectivity index (χ2n) is 12.2. The average molecular weight is 534 g/mol. The molecule has 1 aromatic heterocycles. The van der Waals surface area contributed by atoms with Crippen molar-refractivity contribution in [2.45, 2.75) is 96.8 Å². The molecule has 6 nitrogen and oxygen atoms in total. The number of aryl methyl sites for hydroxylation is 1. The van der Waals surface area contributed by atoms with Gasteiger partial charge in [-0.15, -0.1) is 0 Å². The van der Waals surface area contributed by atoms with Crippen molar-refractivity contribution in [1.82, 2.24) is 14.9 Å². The molecule has 212 valence electrons. The van der Waals surface area contributed by atoms with E-state index in [2.05, 4.69) is 6.92 Å². The van der Waals surface area contributed by atoms with Crippen molar-refractivity contribution in [3.8, 4) is 11.4 Å². The number of carboxylic acids is 1. The molecule has 2 aromatic rings. The van der Waals surface area contributed by atoms with E-state index in [0.29, 0.717) is 18.8 Å². The standard InChI is InChI=1S/C33H47N3O3/c1-4-5-24-6-11-26(12-7-24)27-15-17-28(18-16-27)30-20-34-32(35-21-30)29-13-8-25(9-14-29)10-19-31(37)36(3)22-23(2)33(38)39/h8-9,13-14,20-21,23-24,26-28H,4-7,10-12,15-19,22H2,1-3H3,(H,38,39). The molecule has 1 heterocycles. The molecule has 1 atom stereocenters. The van der Waals surface area contributed by atoms with Crippen LogP contribution in [0.5, 0.6) is 0 Å². The normalized spacial score (nSPS) is 24.2. The number of nitrogens with zero attached hydrogens (tertiary/aromatic N) is 3. The third-order valence-electron chi connectivity index (χ3n) is 9.40. The Hall–Kier alpha value is -2.76. The van der Waals surface area contributed by atoms with Gasteiger partial charge in [0.05, 0.1) is 5.92 Å². The summed E-state index contributed by atoms with van der Waals surface area (Å²) in [5, 5.41) is 9.05. The molecule has 0 saturated heterocycles. The van der Waals surface area contributed by atoms with Crippen molar-refractivity contribution in [2.24, 2.45) is 23.7 Å². The Kier molecular flexibility index (Phi) is 10.5. The van der Waals surface area contributed by atoms with E-state index in [0.717, 1.165) is 34.7 Å². The fraction of sp³-hybridized carbons (Fsp3) is 0.636. The summed E-state index contributed by atoms with van der Waals surface area (Å²) in [6.07, 6.45) is 18.9. The van der Waals surface area contributed by atoms with E-state index in [9.17, 15) is 9.59 Å². The smallest absolute Gasteiger partial charge is 0.308 e. The van der Waals surface area contributed by atoms with Gasteiger partial charge in [0.2, 0.25) is 5.91 Å². The number of hydrogen-bond acceptors (Lipinski definition) is 4. The first-order valence-electron chi connectivity index (χ1n) is 15.2. The van der Waals surface area contributed by atoms with Crippen LogP contribution >= 0.6 is 0 Å². The second kappa shape index (κ2) is 14.0. The lowest BCUT2D eigenvalue weighted by Gasteiger charge is -2.38. The second-order valence-corrected chi connectivity index (χ2v) is 12.2. The number of carboxylic acid groups (broad SMARTS) is 1. The van der Waals surface area contributed by atoms with Gasteiger partial charge >= 0.3 is 5.97 Å². The van der Waals surface area contributed by atoms with Crippen LogP contribution in [-0.4, -0.2) is 45.4 Å². The van der Waals surface area contributed by atoms with Crippen LogP contribution in [0.15, 0.2) is 36.7 Å². The van der Waals surface area contributed by atoms with E-state index < -0.39 is 11.9 Å². The molecule has 2 aliphatic rings. The number of aromatic nitrogens is 2. The molecule has 1 amide bonds. The van der Waals surface area contributed by atoms with Crippen LogP contribution in [0.4, 0.5) is 0 Å². The fourth-order valence-corrected chi connectivity index (χ4v) is 6.83. The third kappa shape index (κ3) is 8.12. The highest BCUT2D eigenvalue weighted by Gasteiger charge is 2.31. The summed E-state index contributed by atoms with van der Waals surface area (Å²) in [7, 11) is 1.66. The maximum absolute atomic E-state index is 12.4. The number of benzene rings is 1. The first kappa shape index (κ1) is 29.2. The summed E-state index contributed by atoms with van der Waals surface area (Å²) in [5.41, 5.74) is 3.32. The molecule has 0 bridgehead atoms. The lowest BCUT2D eigenvalue weighted by Crippen LogP contribution is -2.33. The van der Waals surface area contributed by atoms with Gasteiger partial charge in [-0.05, 0) is 79.7 Å². The van der Waals surface area contributed by atoms with E-state index in [1.807, 2.05) is 36.7 Å². The summed E-state index contributed by atoms with van der Waals surface area (Å²) >= 11 is 0. The number of carbonyl (C=O) groups is 2. The van der Waals surface area contributed by atoms with Crippen molar-refractivity contribution in [1.29, 1.82) is 0 Å². The first-order chi connectivity index (χ1) is 18.8. The zero-order valence-electron chi connectivity index (χ0n) is 24.1. The van der Waals surface area contributed by atoms with Gasteiger partial charge in [0.1, 0.15) is 0 Å². The molecule has 4 rings (SSSR count). The van der Waals surface area contributed by atoms with Crippen molar-refractivity contribution >= 4 is 11.9 Å². The molecule has 0 aliphatic heterocycles. The number of rotatable bonds is 11. The van der Waals surface area contributed by atoms with E-state index in [1.54, 1.807) is 14.0 Å². The van der Waals surface area contributed by atoms with Crippen molar-refractivity contribution in [3.05, 3.63) is 47.8 Å². The number of amides is 1. The minimum absolute atomic E-state index is 0.0421. The fourth-order valence-electron chi connectivity index (χ4n) is 6.83. The third-order valence-corrected chi connectivity index (χ3v) is 9.40. The van der Waals surface area contributed by atoms with Crippen molar-refractivity contribution in [2.75, 3.05) is 13.6 Å². The van der Waals surface area contributed by atoms with Gasteiger partial charge < -0.3 is 10.0 Å². The molecule has 1 unspecified atom stereocenters. The van der Waals surface area contributed by atoms with Crippen molar-refractivity contribution in [3.63, 3.8) is 0 Å². The van der Waals surface area contributed by atoms with Gasteiger partial charge in [-0.1, -0.05) is 63.8 Å². The zero-order valence-corrected chi connectivity index (χ0v) is 24.1. The Balaban J connectivity index is 1.23. The molecule has 0 spiro atoms. The molecule has 1 aromatic carbocycles. The number of aliphatic carboxylic acids is 1. The topological polar surface area (TPSA) is 83.4 Å².